The van der Waals surface area contributed by atoms with Crippen LogP contribution in [0, 0.1) is 0 Å². The van der Waals surface area contributed by atoms with E-state index < -0.39 is 11.9 Å². The number of hydrogen-bond donors (Lipinski definition) is 2. The van der Waals surface area contributed by atoms with E-state index in [1.165, 1.54) is 0 Å². The largest absolute Gasteiger partial charge is 0.503 e. The van der Waals surface area contributed by atoms with Crippen molar-refractivity contribution in [2.75, 3.05) is 20.3 Å². The van der Waals surface area contributed by atoms with E-state index in [0.717, 1.165) is 17.0 Å². The van der Waals surface area contributed by atoms with Crippen LogP contribution in [0.1, 0.15) is 63.0 Å². The zero-order valence-corrected chi connectivity index (χ0v) is 22.3. The average molecular weight is 526 g/mol. The van der Waals surface area contributed by atoms with Gasteiger partial charge in [-0.05, 0) is 68.0 Å². The zero-order valence-electron chi connectivity index (χ0n) is 21.5. The van der Waals surface area contributed by atoms with Crippen molar-refractivity contribution in [2.24, 2.45) is 0 Å². The number of carbonyl (C=O) groups is 2. The summed E-state index contributed by atoms with van der Waals surface area (Å²) >= 11 is 6.37. The Balaban J connectivity index is 1.81. The van der Waals surface area contributed by atoms with Crippen LogP contribution < -0.4 is 14.8 Å². The molecule has 1 heterocycles. The van der Waals surface area contributed by atoms with Crippen LogP contribution in [-0.2, 0) is 14.3 Å². The first-order valence-electron chi connectivity index (χ1n) is 12.5. The quantitative estimate of drug-likeness (QED) is 0.423. The highest BCUT2D eigenvalue weighted by Crippen LogP contribution is 2.48. The molecule has 1 aliphatic heterocycles. The Morgan fingerprint density at radius 1 is 1.14 bits per heavy atom. The van der Waals surface area contributed by atoms with E-state index in [0.29, 0.717) is 48.3 Å². The number of esters is 1. The monoisotopic (exact) mass is 525 g/mol. The average Bonchev–Trinajstić information content (AvgIpc) is 2.89. The number of ether oxygens (including phenoxy) is 3. The number of rotatable bonds is 8. The van der Waals surface area contributed by atoms with Crippen LogP contribution in [0.4, 0.5) is 0 Å². The Labute approximate surface area is 222 Å². The molecule has 0 radical (unpaired) electrons. The third-order valence-electron chi connectivity index (χ3n) is 6.76. The molecule has 0 bridgehead atoms. The number of carbonyl (C=O) groups excluding carboxylic acids is 2. The summed E-state index contributed by atoms with van der Waals surface area (Å²) in [5.41, 5.74) is 3.89. The first-order valence-corrected chi connectivity index (χ1v) is 12.9. The summed E-state index contributed by atoms with van der Waals surface area (Å²) in [6.07, 6.45) is 1.57. The van der Waals surface area contributed by atoms with Crippen molar-refractivity contribution < 1.29 is 28.9 Å². The summed E-state index contributed by atoms with van der Waals surface area (Å²) in [4.78, 5) is 27.0. The molecular formula is C29H32ClNO6. The van der Waals surface area contributed by atoms with Crippen LogP contribution in [0.3, 0.4) is 0 Å². The highest BCUT2D eigenvalue weighted by atomic mass is 35.5. The molecule has 4 rings (SSSR count). The van der Waals surface area contributed by atoms with E-state index in [2.05, 4.69) is 5.32 Å². The van der Waals surface area contributed by atoms with Gasteiger partial charge in [-0.1, -0.05) is 30.7 Å². The second-order valence-corrected chi connectivity index (χ2v) is 9.62. The van der Waals surface area contributed by atoms with Crippen molar-refractivity contribution in [3.8, 4) is 17.2 Å². The number of aromatic hydroxyl groups is 1. The lowest BCUT2D eigenvalue weighted by Gasteiger charge is -2.37. The van der Waals surface area contributed by atoms with Gasteiger partial charge in [0.25, 0.3) is 0 Å². The normalized spacial score (nSPS) is 19.3. The highest BCUT2D eigenvalue weighted by molar-refractivity contribution is 6.32. The van der Waals surface area contributed by atoms with Crippen molar-refractivity contribution in [3.05, 3.63) is 75.1 Å². The van der Waals surface area contributed by atoms with Crippen molar-refractivity contribution >= 4 is 23.4 Å². The zero-order chi connectivity index (χ0) is 26.7. The third-order valence-corrected chi connectivity index (χ3v) is 7.04. The number of dihydropyridines is 1. The second-order valence-electron chi connectivity index (χ2n) is 9.21. The smallest absolute Gasteiger partial charge is 0.336 e. The van der Waals surface area contributed by atoms with Gasteiger partial charge in [-0.3, -0.25) is 4.79 Å². The van der Waals surface area contributed by atoms with Crippen molar-refractivity contribution in [1.82, 2.24) is 5.32 Å². The molecule has 0 saturated carbocycles. The van der Waals surface area contributed by atoms with Gasteiger partial charge in [0.15, 0.2) is 17.3 Å². The molecule has 196 valence electrons. The molecular weight excluding hydrogens is 494 g/mol. The van der Waals surface area contributed by atoms with Crippen LogP contribution in [0.15, 0.2) is 58.9 Å². The number of benzene rings is 2. The van der Waals surface area contributed by atoms with Gasteiger partial charge in [0, 0.05) is 29.3 Å². The number of hydrogen-bond acceptors (Lipinski definition) is 7. The summed E-state index contributed by atoms with van der Waals surface area (Å²) in [5.74, 6) is -0.503. The number of phenolic OH excluding ortho intramolecular Hbond substituents is 1. The van der Waals surface area contributed by atoms with E-state index in [-0.39, 0.29) is 34.8 Å². The maximum atomic E-state index is 13.8. The number of Topliss-reactive ketones (excluding diaryl/α,β-unsaturated/α-hetero) is 1. The van der Waals surface area contributed by atoms with Gasteiger partial charge in [0.05, 0.1) is 30.9 Å². The molecule has 37 heavy (non-hydrogen) atoms. The molecule has 0 aromatic heterocycles. The maximum absolute atomic E-state index is 13.8. The first-order chi connectivity index (χ1) is 17.8. The van der Waals surface area contributed by atoms with Gasteiger partial charge >= 0.3 is 5.97 Å². The molecule has 2 N–H and O–H groups in total. The molecule has 2 unspecified atom stereocenters. The molecule has 0 fully saturated rings. The predicted molar refractivity (Wildman–Crippen MR) is 141 cm³/mol. The summed E-state index contributed by atoms with van der Waals surface area (Å²) < 4.78 is 16.4. The highest BCUT2D eigenvalue weighted by Gasteiger charge is 2.42. The number of phenols is 1. The van der Waals surface area contributed by atoms with Crippen LogP contribution in [-0.4, -0.2) is 37.2 Å². The lowest BCUT2D eigenvalue weighted by molar-refractivity contribution is -0.139. The van der Waals surface area contributed by atoms with E-state index in [1.807, 2.05) is 38.1 Å². The minimum absolute atomic E-state index is 0.0194. The molecule has 8 heteroatoms. The number of methoxy groups -OCH3 is 1. The fourth-order valence-electron chi connectivity index (χ4n) is 5.05. The maximum Gasteiger partial charge on any atom is 0.336 e. The van der Waals surface area contributed by atoms with Gasteiger partial charge in [0.1, 0.15) is 5.75 Å². The van der Waals surface area contributed by atoms with Crippen molar-refractivity contribution in [1.29, 1.82) is 0 Å². The molecule has 0 saturated heterocycles. The number of ketones is 1. The second kappa shape index (κ2) is 11.3. The summed E-state index contributed by atoms with van der Waals surface area (Å²) in [6, 6.07) is 11.0. The fraction of sp³-hybridized carbons (Fsp3) is 0.379. The van der Waals surface area contributed by atoms with Crippen LogP contribution in [0.2, 0.25) is 5.02 Å². The Morgan fingerprint density at radius 2 is 1.86 bits per heavy atom. The molecule has 1 aliphatic carbocycles. The topological polar surface area (TPSA) is 94.1 Å². The summed E-state index contributed by atoms with van der Waals surface area (Å²) in [7, 11) is 1.62. The van der Waals surface area contributed by atoms with Gasteiger partial charge in [-0.25, -0.2) is 4.79 Å². The van der Waals surface area contributed by atoms with E-state index in [1.54, 1.807) is 26.2 Å². The number of allylic oxidation sites excluding steroid dienone is 3. The molecule has 2 aromatic carbocycles. The molecule has 2 atom stereocenters. The minimum atomic E-state index is -0.706. The number of nitrogens with one attached hydrogen (secondary N) is 1. The lowest BCUT2D eigenvalue weighted by Crippen LogP contribution is -2.36. The summed E-state index contributed by atoms with van der Waals surface area (Å²) in [6.45, 7) is 6.11. The Morgan fingerprint density at radius 3 is 2.51 bits per heavy atom. The first kappa shape index (κ1) is 26.6. The number of halogens is 1. The van der Waals surface area contributed by atoms with Crippen LogP contribution >= 0.6 is 11.6 Å². The van der Waals surface area contributed by atoms with E-state index in [9.17, 15) is 14.7 Å². The molecule has 0 amide bonds. The van der Waals surface area contributed by atoms with Crippen LogP contribution in [0.25, 0.3) is 0 Å². The minimum Gasteiger partial charge on any atom is -0.503 e. The summed E-state index contributed by atoms with van der Waals surface area (Å²) in [5, 5.41) is 13.8. The molecule has 7 nitrogen and oxygen atoms in total. The van der Waals surface area contributed by atoms with Crippen LogP contribution in [0.5, 0.6) is 17.2 Å². The van der Waals surface area contributed by atoms with E-state index in [4.69, 9.17) is 25.8 Å². The van der Waals surface area contributed by atoms with Gasteiger partial charge in [0.2, 0.25) is 0 Å². The Bertz CT molecular complexity index is 1260. The van der Waals surface area contributed by atoms with E-state index >= 15 is 0 Å². The third kappa shape index (κ3) is 5.32. The van der Waals surface area contributed by atoms with Gasteiger partial charge < -0.3 is 24.6 Å². The van der Waals surface area contributed by atoms with Crippen molar-refractivity contribution in [2.45, 2.75) is 51.9 Å². The standard InChI is InChI=1S/C29H32ClNO6/c1-5-11-37-29(34)25-16(3)31-22-13-18(17-7-9-20(35-4)10-8-17)14-23(32)27(22)26(25)19-12-21(30)28(33)24(15-19)36-6-2/h7-10,12,15,18,26,31,33H,5-6,11,13-14H2,1-4H3. The Hall–Kier alpha value is -3.45. The predicted octanol–water partition coefficient (Wildman–Crippen LogP) is 5.77. The molecule has 2 aromatic rings. The van der Waals surface area contributed by atoms with Crippen molar-refractivity contribution in [3.63, 3.8) is 0 Å². The molecule has 0 spiro atoms. The lowest BCUT2D eigenvalue weighted by atomic mass is 9.71. The Kier molecular flexibility index (Phi) is 8.13. The van der Waals surface area contributed by atoms with Gasteiger partial charge in [-0.2, -0.15) is 0 Å². The van der Waals surface area contributed by atoms with Gasteiger partial charge in [-0.15, -0.1) is 0 Å². The molecule has 2 aliphatic rings. The fourth-order valence-corrected chi connectivity index (χ4v) is 5.27. The SMILES string of the molecule is CCCOC(=O)C1=C(C)NC2=C(C(=O)CC(c3ccc(OC)cc3)C2)C1c1cc(Cl)c(O)c(OCC)c1.